The van der Waals surface area contributed by atoms with Crippen LogP contribution in [0.3, 0.4) is 0 Å². The molecule has 5 heteroatoms. The van der Waals surface area contributed by atoms with Gasteiger partial charge in [0.2, 0.25) is 5.78 Å². The van der Waals surface area contributed by atoms with Crippen molar-refractivity contribution in [3.05, 3.63) is 47.0 Å². The van der Waals surface area contributed by atoms with Crippen LogP contribution in [-0.4, -0.2) is 22.7 Å². The molecule has 0 saturated carbocycles. The number of benzene rings is 1. The fourth-order valence-electron chi connectivity index (χ4n) is 1.84. The SMILES string of the molecule is COc1cnn(C)c1C(=O)c1ccc(F)cc1C. The van der Waals surface area contributed by atoms with E-state index in [4.69, 9.17) is 4.74 Å². The summed E-state index contributed by atoms with van der Waals surface area (Å²) in [5.41, 5.74) is 1.38. The van der Waals surface area contributed by atoms with E-state index in [1.54, 1.807) is 14.0 Å². The topological polar surface area (TPSA) is 44.1 Å². The number of halogens is 1. The highest BCUT2D eigenvalue weighted by atomic mass is 19.1. The van der Waals surface area contributed by atoms with E-state index in [0.29, 0.717) is 22.6 Å². The van der Waals surface area contributed by atoms with Gasteiger partial charge < -0.3 is 4.74 Å². The predicted octanol–water partition coefficient (Wildman–Crippen LogP) is 2.11. The van der Waals surface area contributed by atoms with Crippen LogP contribution >= 0.6 is 0 Å². The zero-order chi connectivity index (χ0) is 13.3. The van der Waals surface area contributed by atoms with Gasteiger partial charge in [-0.25, -0.2) is 4.39 Å². The van der Waals surface area contributed by atoms with Crippen LogP contribution < -0.4 is 4.74 Å². The summed E-state index contributed by atoms with van der Waals surface area (Å²) in [6.45, 7) is 1.69. The maximum absolute atomic E-state index is 13.0. The van der Waals surface area contributed by atoms with Crippen molar-refractivity contribution in [2.75, 3.05) is 7.11 Å². The standard InChI is InChI=1S/C13H13FN2O2/c1-8-6-9(14)4-5-10(8)13(17)12-11(18-3)7-15-16(12)2/h4-7H,1-3H3. The van der Waals surface area contributed by atoms with Crippen LogP contribution in [0.5, 0.6) is 5.75 Å². The molecule has 1 heterocycles. The molecule has 0 amide bonds. The van der Waals surface area contributed by atoms with Gasteiger partial charge in [0.1, 0.15) is 5.82 Å². The molecule has 2 aromatic rings. The number of carbonyl (C=O) groups is 1. The predicted molar refractivity (Wildman–Crippen MR) is 64.3 cm³/mol. The number of nitrogens with zero attached hydrogens (tertiary/aromatic N) is 2. The van der Waals surface area contributed by atoms with Crippen molar-refractivity contribution in [2.24, 2.45) is 7.05 Å². The average molecular weight is 248 g/mol. The van der Waals surface area contributed by atoms with E-state index in [2.05, 4.69) is 5.10 Å². The molecule has 0 aliphatic heterocycles. The number of carbonyl (C=O) groups excluding carboxylic acids is 1. The van der Waals surface area contributed by atoms with Crippen molar-refractivity contribution >= 4 is 5.78 Å². The van der Waals surface area contributed by atoms with E-state index in [9.17, 15) is 9.18 Å². The van der Waals surface area contributed by atoms with Gasteiger partial charge in [0.05, 0.1) is 13.3 Å². The molecule has 0 fully saturated rings. The number of hydrogen-bond donors (Lipinski definition) is 0. The molecule has 0 spiro atoms. The summed E-state index contributed by atoms with van der Waals surface area (Å²) in [5.74, 6) is -0.184. The van der Waals surface area contributed by atoms with Gasteiger partial charge in [-0.15, -0.1) is 0 Å². The van der Waals surface area contributed by atoms with Crippen LogP contribution in [0.4, 0.5) is 4.39 Å². The Morgan fingerprint density at radius 2 is 2.17 bits per heavy atom. The zero-order valence-corrected chi connectivity index (χ0v) is 10.4. The van der Waals surface area contributed by atoms with Gasteiger partial charge in [0.15, 0.2) is 11.4 Å². The van der Waals surface area contributed by atoms with Gasteiger partial charge in [-0.05, 0) is 30.7 Å². The highest BCUT2D eigenvalue weighted by molar-refractivity contribution is 6.10. The lowest BCUT2D eigenvalue weighted by molar-refractivity contribution is 0.102. The Morgan fingerprint density at radius 3 is 2.78 bits per heavy atom. The van der Waals surface area contributed by atoms with Crippen LogP contribution in [0.25, 0.3) is 0 Å². The third kappa shape index (κ3) is 1.99. The number of methoxy groups -OCH3 is 1. The molecule has 0 unspecified atom stereocenters. The zero-order valence-electron chi connectivity index (χ0n) is 10.4. The van der Waals surface area contributed by atoms with E-state index in [0.717, 1.165) is 0 Å². The molecule has 1 aromatic carbocycles. The third-order valence-corrected chi connectivity index (χ3v) is 2.77. The van der Waals surface area contributed by atoms with Crippen LogP contribution in [0.1, 0.15) is 21.6 Å². The molecule has 2 rings (SSSR count). The lowest BCUT2D eigenvalue weighted by Gasteiger charge is -2.07. The minimum absolute atomic E-state index is 0.232. The molecule has 18 heavy (non-hydrogen) atoms. The molecule has 94 valence electrons. The van der Waals surface area contributed by atoms with Crippen molar-refractivity contribution < 1.29 is 13.9 Å². The highest BCUT2D eigenvalue weighted by Crippen LogP contribution is 2.22. The molecule has 0 N–H and O–H groups in total. The van der Waals surface area contributed by atoms with Crippen molar-refractivity contribution in [3.63, 3.8) is 0 Å². The van der Waals surface area contributed by atoms with Gasteiger partial charge >= 0.3 is 0 Å². The molecule has 4 nitrogen and oxygen atoms in total. The Morgan fingerprint density at radius 1 is 1.44 bits per heavy atom. The normalized spacial score (nSPS) is 10.4. The van der Waals surface area contributed by atoms with Gasteiger partial charge in [-0.3, -0.25) is 9.48 Å². The largest absolute Gasteiger partial charge is 0.493 e. The first-order valence-electron chi connectivity index (χ1n) is 5.41. The number of ether oxygens (including phenoxy) is 1. The van der Waals surface area contributed by atoms with Crippen molar-refractivity contribution in [3.8, 4) is 5.75 Å². The van der Waals surface area contributed by atoms with E-state index < -0.39 is 0 Å². The monoisotopic (exact) mass is 248 g/mol. The second kappa shape index (κ2) is 4.60. The van der Waals surface area contributed by atoms with E-state index >= 15 is 0 Å². The lowest BCUT2D eigenvalue weighted by atomic mass is 10.0. The van der Waals surface area contributed by atoms with Gasteiger partial charge in [0, 0.05) is 12.6 Å². The summed E-state index contributed by atoms with van der Waals surface area (Å²) in [6, 6.07) is 4.07. The number of rotatable bonds is 3. The Balaban J connectivity index is 2.51. The summed E-state index contributed by atoms with van der Waals surface area (Å²) >= 11 is 0. The smallest absolute Gasteiger partial charge is 0.215 e. The van der Waals surface area contributed by atoms with E-state index in [1.165, 1.54) is 36.2 Å². The Kier molecular flexibility index (Phi) is 3.14. The van der Waals surface area contributed by atoms with Crippen molar-refractivity contribution in [1.82, 2.24) is 9.78 Å². The first-order valence-corrected chi connectivity index (χ1v) is 5.41. The van der Waals surface area contributed by atoms with Gasteiger partial charge in [-0.2, -0.15) is 5.10 Å². The maximum atomic E-state index is 13.0. The molecule has 0 saturated heterocycles. The van der Waals surface area contributed by atoms with E-state index in [-0.39, 0.29) is 11.6 Å². The Labute approximate surface area is 104 Å². The minimum atomic E-state index is -0.360. The van der Waals surface area contributed by atoms with Gasteiger partial charge in [-0.1, -0.05) is 0 Å². The summed E-state index contributed by atoms with van der Waals surface area (Å²) in [5, 5.41) is 3.98. The minimum Gasteiger partial charge on any atom is -0.493 e. The third-order valence-electron chi connectivity index (χ3n) is 2.77. The molecule has 0 atom stereocenters. The highest BCUT2D eigenvalue weighted by Gasteiger charge is 2.20. The van der Waals surface area contributed by atoms with Crippen LogP contribution in [0.15, 0.2) is 24.4 Å². The Hall–Kier alpha value is -2.17. The molecular weight excluding hydrogens is 235 g/mol. The lowest BCUT2D eigenvalue weighted by Crippen LogP contribution is -2.11. The first-order chi connectivity index (χ1) is 8.54. The van der Waals surface area contributed by atoms with Crippen LogP contribution in [0, 0.1) is 12.7 Å². The summed E-state index contributed by atoms with van der Waals surface area (Å²) in [6.07, 6.45) is 1.48. The molecular formula is C13H13FN2O2. The van der Waals surface area contributed by atoms with Crippen molar-refractivity contribution in [2.45, 2.75) is 6.92 Å². The summed E-state index contributed by atoms with van der Waals surface area (Å²) in [4.78, 5) is 12.4. The number of ketones is 1. The number of hydrogen-bond acceptors (Lipinski definition) is 3. The first kappa shape index (κ1) is 12.3. The fraction of sp³-hybridized carbons (Fsp3) is 0.231. The quantitative estimate of drug-likeness (QED) is 0.781. The van der Waals surface area contributed by atoms with E-state index in [1.807, 2.05) is 0 Å². The number of aryl methyl sites for hydroxylation is 2. The van der Waals surface area contributed by atoms with Crippen molar-refractivity contribution in [1.29, 1.82) is 0 Å². The van der Waals surface area contributed by atoms with Crippen LogP contribution in [-0.2, 0) is 7.05 Å². The number of aromatic nitrogens is 2. The summed E-state index contributed by atoms with van der Waals surface area (Å²) in [7, 11) is 3.14. The molecule has 0 aliphatic rings. The molecule has 1 aromatic heterocycles. The molecule has 0 aliphatic carbocycles. The van der Waals surface area contributed by atoms with Gasteiger partial charge in [0.25, 0.3) is 0 Å². The molecule has 0 radical (unpaired) electrons. The Bertz CT molecular complexity index is 605. The molecule has 0 bridgehead atoms. The average Bonchev–Trinajstić information content (AvgIpc) is 2.69. The maximum Gasteiger partial charge on any atom is 0.215 e. The second-order valence-corrected chi connectivity index (χ2v) is 3.97. The van der Waals surface area contributed by atoms with Crippen LogP contribution in [0.2, 0.25) is 0 Å². The summed E-state index contributed by atoms with van der Waals surface area (Å²) < 4.78 is 19.6. The fourth-order valence-corrected chi connectivity index (χ4v) is 1.84. The second-order valence-electron chi connectivity index (χ2n) is 3.97.